The summed E-state index contributed by atoms with van der Waals surface area (Å²) in [6, 6.07) is 4.76. The average molecular weight is 296 g/mol. The second kappa shape index (κ2) is 4.86. The lowest BCUT2D eigenvalue weighted by atomic mass is 10.1. The first-order valence-corrected chi connectivity index (χ1v) is 5.19. The fourth-order valence-electron chi connectivity index (χ4n) is 1.15. The smallest absolute Gasteiger partial charge is 0.343 e. The van der Waals surface area contributed by atoms with Crippen molar-refractivity contribution in [1.82, 2.24) is 5.32 Å². The van der Waals surface area contributed by atoms with E-state index in [-0.39, 0.29) is 5.56 Å². The van der Waals surface area contributed by atoms with E-state index in [1.807, 2.05) is 5.32 Å². The number of benzene rings is 1. The van der Waals surface area contributed by atoms with E-state index in [1.54, 1.807) is 13.0 Å². The van der Waals surface area contributed by atoms with Crippen LogP contribution in [-0.4, -0.2) is 18.6 Å². The third kappa shape index (κ3) is 4.22. The monoisotopic (exact) mass is 295 g/mol. The maximum atomic E-state index is 11.9. The lowest BCUT2D eigenvalue weighted by molar-refractivity contribution is -0.123. The number of aryl methyl sites for hydroxylation is 1. The number of hydrogen-bond donors (Lipinski definition) is 1. The van der Waals surface area contributed by atoms with E-state index in [1.165, 1.54) is 12.1 Å². The minimum Gasteiger partial charge on any atom is -0.343 e. The molecule has 0 bridgehead atoms. The highest BCUT2D eigenvalue weighted by Crippen LogP contribution is 2.16. The van der Waals surface area contributed by atoms with Gasteiger partial charge in [-0.05, 0) is 30.7 Å². The van der Waals surface area contributed by atoms with Gasteiger partial charge in [-0.1, -0.05) is 15.9 Å². The van der Waals surface area contributed by atoms with Crippen molar-refractivity contribution < 1.29 is 18.0 Å². The summed E-state index contributed by atoms with van der Waals surface area (Å²) in [4.78, 5) is 11.4. The molecule has 16 heavy (non-hydrogen) atoms. The molecule has 88 valence electrons. The van der Waals surface area contributed by atoms with Crippen LogP contribution in [-0.2, 0) is 0 Å². The molecule has 0 spiro atoms. The van der Waals surface area contributed by atoms with E-state index in [9.17, 15) is 18.0 Å². The number of halogens is 4. The van der Waals surface area contributed by atoms with Gasteiger partial charge in [0, 0.05) is 10.0 Å². The third-order valence-electron chi connectivity index (χ3n) is 1.75. The van der Waals surface area contributed by atoms with Crippen molar-refractivity contribution in [1.29, 1.82) is 0 Å². The van der Waals surface area contributed by atoms with Crippen LogP contribution in [0.3, 0.4) is 0 Å². The van der Waals surface area contributed by atoms with Gasteiger partial charge in [0.2, 0.25) is 0 Å². The first-order valence-electron chi connectivity index (χ1n) is 4.40. The SMILES string of the molecule is Cc1cc(Br)cc(C(=O)NCC(F)(F)F)c1. The standard InChI is InChI=1S/C10H9BrF3NO/c1-6-2-7(4-8(11)3-6)9(16)15-5-10(12,13)14/h2-4H,5H2,1H3,(H,15,16). The molecule has 1 rings (SSSR count). The largest absolute Gasteiger partial charge is 0.405 e. The van der Waals surface area contributed by atoms with Crippen molar-refractivity contribution in [2.75, 3.05) is 6.54 Å². The molecule has 1 N–H and O–H groups in total. The number of nitrogens with one attached hydrogen (secondary N) is 1. The summed E-state index contributed by atoms with van der Waals surface area (Å²) >= 11 is 3.17. The minimum absolute atomic E-state index is 0.205. The van der Waals surface area contributed by atoms with E-state index in [0.717, 1.165) is 5.56 Å². The fraction of sp³-hybridized carbons (Fsp3) is 0.300. The highest BCUT2D eigenvalue weighted by molar-refractivity contribution is 9.10. The number of rotatable bonds is 2. The first kappa shape index (κ1) is 13.0. The van der Waals surface area contributed by atoms with Crippen LogP contribution in [0.1, 0.15) is 15.9 Å². The molecule has 1 aromatic rings. The molecule has 0 fully saturated rings. The summed E-state index contributed by atoms with van der Waals surface area (Å²) in [5.74, 6) is -0.735. The number of hydrogen-bond acceptors (Lipinski definition) is 1. The van der Waals surface area contributed by atoms with E-state index in [0.29, 0.717) is 4.47 Å². The van der Waals surface area contributed by atoms with Crippen LogP contribution in [0.2, 0.25) is 0 Å². The van der Waals surface area contributed by atoms with Crippen LogP contribution < -0.4 is 5.32 Å². The Labute approximate surface area is 99.0 Å². The van der Waals surface area contributed by atoms with Crippen molar-refractivity contribution in [3.8, 4) is 0 Å². The summed E-state index contributed by atoms with van der Waals surface area (Å²) < 4.78 is 36.3. The van der Waals surface area contributed by atoms with Crippen LogP contribution in [0.4, 0.5) is 13.2 Å². The van der Waals surface area contributed by atoms with Gasteiger partial charge in [-0.3, -0.25) is 4.79 Å². The second-order valence-corrected chi connectivity index (χ2v) is 4.23. The van der Waals surface area contributed by atoms with Gasteiger partial charge < -0.3 is 5.32 Å². The Morgan fingerprint density at radius 2 is 2.00 bits per heavy atom. The van der Waals surface area contributed by atoms with Gasteiger partial charge in [0.25, 0.3) is 5.91 Å². The highest BCUT2D eigenvalue weighted by atomic mass is 79.9. The molecule has 1 amide bonds. The molecule has 0 saturated carbocycles. The molecular formula is C10H9BrF3NO. The number of carbonyl (C=O) groups is 1. The maximum Gasteiger partial charge on any atom is 0.405 e. The molecule has 0 saturated heterocycles. The van der Waals surface area contributed by atoms with Crippen LogP contribution >= 0.6 is 15.9 Å². The lowest BCUT2D eigenvalue weighted by Gasteiger charge is -2.09. The summed E-state index contributed by atoms with van der Waals surface area (Å²) in [5.41, 5.74) is 1.00. The molecule has 6 heteroatoms. The summed E-state index contributed by atoms with van der Waals surface area (Å²) in [6.07, 6.45) is -4.39. The number of carbonyl (C=O) groups excluding carboxylic acids is 1. The molecule has 0 atom stereocenters. The predicted molar refractivity (Wildman–Crippen MR) is 57.3 cm³/mol. The minimum atomic E-state index is -4.39. The zero-order valence-electron chi connectivity index (χ0n) is 8.36. The zero-order chi connectivity index (χ0) is 12.3. The van der Waals surface area contributed by atoms with Gasteiger partial charge in [-0.2, -0.15) is 13.2 Å². The quantitative estimate of drug-likeness (QED) is 0.893. The summed E-state index contributed by atoms with van der Waals surface area (Å²) in [5, 5.41) is 1.81. The second-order valence-electron chi connectivity index (χ2n) is 3.32. The van der Waals surface area contributed by atoms with Crippen LogP contribution in [0.25, 0.3) is 0 Å². The molecule has 2 nitrogen and oxygen atoms in total. The molecular weight excluding hydrogens is 287 g/mol. The van der Waals surface area contributed by atoms with Crippen molar-refractivity contribution in [3.63, 3.8) is 0 Å². The molecule has 0 aromatic heterocycles. The highest BCUT2D eigenvalue weighted by Gasteiger charge is 2.27. The zero-order valence-corrected chi connectivity index (χ0v) is 9.95. The molecule has 1 aromatic carbocycles. The van der Waals surface area contributed by atoms with Crippen LogP contribution in [0, 0.1) is 6.92 Å². The first-order chi connectivity index (χ1) is 7.28. The third-order valence-corrected chi connectivity index (χ3v) is 2.21. The van der Waals surface area contributed by atoms with Crippen molar-refractivity contribution in [2.24, 2.45) is 0 Å². The lowest BCUT2D eigenvalue weighted by Crippen LogP contribution is -2.33. The van der Waals surface area contributed by atoms with Gasteiger partial charge in [0.05, 0.1) is 0 Å². The molecule has 0 heterocycles. The Morgan fingerprint density at radius 1 is 1.38 bits per heavy atom. The van der Waals surface area contributed by atoms with Gasteiger partial charge in [0.1, 0.15) is 6.54 Å². The number of alkyl halides is 3. The van der Waals surface area contributed by atoms with E-state index >= 15 is 0 Å². The van der Waals surface area contributed by atoms with Gasteiger partial charge in [0.15, 0.2) is 0 Å². The molecule has 0 aliphatic rings. The van der Waals surface area contributed by atoms with Crippen LogP contribution in [0.15, 0.2) is 22.7 Å². The normalized spacial score (nSPS) is 11.3. The van der Waals surface area contributed by atoms with Crippen molar-refractivity contribution in [3.05, 3.63) is 33.8 Å². The predicted octanol–water partition coefficient (Wildman–Crippen LogP) is 3.05. The Hall–Kier alpha value is -1.04. The molecule has 0 aliphatic carbocycles. The Bertz CT molecular complexity index is 383. The molecule has 0 unspecified atom stereocenters. The molecule has 0 aliphatic heterocycles. The summed E-state index contributed by atoms with van der Waals surface area (Å²) in [7, 11) is 0. The Balaban J connectivity index is 2.73. The molecule has 0 radical (unpaired) electrons. The van der Waals surface area contributed by atoms with E-state index in [2.05, 4.69) is 15.9 Å². The van der Waals surface area contributed by atoms with Gasteiger partial charge in [-0.25, -0.2) is 0 Å². The fourth-order valence-corrected chi connectivity index (χ4v) is 1.76. The number of amides is 1. The van der Waals surface area contributed by atoms with E-state index in [4.69, 9.17) is 0 Å². The topological polar surface area (TPSA) is 29.1 Å². The van der Waals surface area contributed by atoms with Crippen LogP contribution in [0.5, 0.6) is 0 Å². The van der Waals surface area contributed by atoms with Crippen molar-refractivity contribution in [2.45, 2.75) is 13.1 Å². The van der Waals surface area contributed by atoms with E-state index < -0.39 is 18.6 Å². The average Bonchev–Trinajstić information content (AvgIpc) is 2.11. The summed E-state index contributed by atoms with van der Waals surface area (Å²) in [6.45, 7) is 0.433. The maximum absolute atomic E-state index is 11.9. The van der Waals surface area contributed by atoms with Gasteiger partial charge in [-0.15, -0.1) is 0 Å². The van der Waals surface area contributed by atoms with Gasteiger partial charge >= 0.3 is 6.18 Å². The van der Waals surface area contributed by atoms with Crippen molar-refractivity contribution >= 4 is 21.8 Å². The Morgan fingerprint density at radius 3 is 2.50 bits per heavy atom. The Kier molecular flexibility index (Phi) is 3.96.